The number of fused-ring (bicyclic) bond motifs is 3. The zero-order valence-corrected chi connectivity index (χ0v) is 10.0. The standard InChI is InChI=1S/C13H7N3O4/c17-8-5-9(18)15-6-3-1-2-4-7(6)16-12(15)10(8)11(19)14-13(16)20/h1-4H,5H2,(H,14,19,20). The number of H-pyrrole nitrogens is 1. The first-order valence-corrected chi connectivity index (χ1v) is 5.94. The molecule has 0 amide bonds. The number of rotatable bonds is 0. The molecule has 3 aromatic rings. The minimum Gasteiger partial charge on any atom is -0.293 e. The van der Waals surface area contributed by atoms with Crippen molar-refractivity contribution in [2.45, 2.75) is 6.42 Å². The van der Waals surface area contributed by atoms with E-state index in [1.54, 1.807) is 24.3 Å². The maximum absolute atomic E-state index is 12.1. The predicted octanol–water partition coefficient (Wildman–Crippen LogP) is 0.169. The molecule has 0 saturated heterocycles. The summed E-state index contributed by atoms with van der Waals surface area (Å²) in [6.45, 7) is 0. The summed E-state index contributed by atoms with van der Waals surface area (Å²) >= 11 is 0. The number of carbonyl (C=O) groups excluding carboxylic acids is 2. The molecule has 0 atom stereocenters. The van der Waals surface area contributed by atoms with E-state index in [0.29, 0.717) is 11.0 Å². The van der Waals surface area contributed by atoms with Crippen LogP contribution in [0.1, 0.15) is 21.6 Å². The highest BCUT2D eigenvalue weighted by Crippen LogP contribution is 2.24. The summed E-state index contributed by atoms with van der Waals surface area (Å²) in [6.07, 6.45) is -0.372. The quantitative estimate of drug-likeness (QED) is 0.589. The Kier molecular flexibility index (Phi) is 1.81. The van der Waals surface area contributed by atoms with Crippen molar-refractivity contribution < 1.29 is 9.59 Å². The molecule has 1 aliphatic rings. The van der Waals surface area contributed by atoms with Crippen molar-refractivity contribution in [2.75, 3.05) is 0 Å². The Morgan fingerprint density at radius 3 is 2.45 bits per heavy atom. The fraction of sp³-hybridized carbons (Fsp3) is 0.0769. The van der Waals surface area contributed by atoms with Crippen LogP contribution in [0, 0.1) is 0 Å². The Morgan fingerprint density at radius 1 is 1.00 bits per heavy atom. The summed E-state index contributed by atoms with van der Waals surface area (Å²) in [6, 6.07) is 6.77. The molecule has 1 N–H and O–H groups in total. The maximum Gasteiger partial charge on any atom is 0.334 e. The molecule has 0 radical (unpaired) electrons. The zero-order valence-electron chi connectivity index (χ0n) is 10.0. The van der Waals surface area contributed by atoms with Crippen molar-refractivity contribution in [2.24, 2.45) is 0 Å². The molecule has 0 aliphatic carbocycles. The molecule has 0 saturated carbocycles. The van der Waals surface area contributed by atoms with Crippen LogP contribution in [-0.2, 0) is 0 Å². The Labute approximate surface area is 110 Å². The lowest BCUT2D eigenvalue weighted by molar-refractivity contribution is 0.0838. The molecule has 3 heterocycles. The van der Waals surface area contributed by atoms with E-state index >= 15 is 0 Å². The van der Waals surface area contributed by atoms with Crippen LogP contribution in [0.4, 0.5) is 0 Å². The molecular weight excluding hydrogens is 262 g/mol. The molecule has 1 aliphatic heterocycles. The van der Waals surface area contributed by atoms with Gasteiger partial charge in [0.1, 0.15) is 11.2 Å². The third kappa shape index (κ3) is 1.09. The molecule has 0 fully saturated rings. The molecule has 20 heavy (non-hydrogen) atoms. The maximum atomic E-state index is 12.1. The summed E-state index contributed by atoms with van der Waals surface area (Å²) < 4.78 is 2.46. The van der Waals surface area contributed by atoms with Gasteiger partial charge in [0.15, 0.2) is 5.78 Å². The Balaban J connectivity index is 2.50. The number of Topliss-reactive ketones (excluding diaryl/α,β-unsaturated/α-hetero) is 1. The van der Waals surface area contributed by atoms with Crippen molar-refractivity contribution in [1.29, 1.82) is 0 Å². The van der Waals surface area contributed by atoms with Gasteiger partial charge < -0.3 is 0 Å². The van der Waals surface area contributed by atoms with Crippen molar-refractivity contribution in [3.05, 3.63) is 50.7 Å². The van der Waals surface area contributed by atoms with E-state index in [1.165, 1.54) is 8.97 Å². The summed E-state index contributed by atoms with van der Waals surface area (Å²) in [7, 11) is 0. The Morgan fingerprint density at radius 2 is 1.70 bits per heavy atom. The second kappa shape index (κ2) is 3.32. The van der Waals surface area contributed by atoms with Crippen LogP contribution in [-0.4, -0.2) is 25.6 Å². The zero-order chi connectivity index (χ0) is 14.0. The van der Waals surface area contributed by atoms with E-state index in [2.05, 4.69) is 4.98 Å². The number of para-hydroxylation sites is 2. The van der Waals surface area contributed by atoms with E-state index in [9.17, 15) is 19.2 Å². The molecule has 7 nitrogen and oxygen atoms in total. The van der Waals surface area contributed by atoms with Crippen LogP contribution >= 0.6 is 0 Å². The second-order valence-electron chi connectivity index (χ2n) is 4.61. The van der Waals surface area contributed by atoms with Crippen molar-refractivity contribution in [3.8, 4) is 0 Å². The number of imidazole rings is 1. The molecule has 7 heteroatoms. The molecule has 0 unspecified atom stereocenters. The number of nitrogens with zero attached hydrogens (tertiary/aromatic N) is 2. The van der Waals surface area contributed by atoms with E-state index in [1.807, 2.05) is 0 Å². The van der Waals surface area contributed by atoms with Crippen LogP contribution in [0.25, 0.3) is 16.7 Å². The van der Waals surface area contributed by atoms with Gasteiger partial charge in [0.2, 0.25) is 5.91 Å². The van der Waals surface area contributed by atoms with Crippen molar-refractivity contribution in [3.63, 3.8) is 0 Å². The van der Waals surface area contributed by atoms with Crippen molar-refractivity contribution in [1.82, 2.24) is 14.0 Å². The van der Waals surface area contributed by atoms with Gasteiger partial charge in [-0.05, 0) is 12.1 Å². The minimum atomic E-state index is -0.753. The van der Waals surface area contributed by atoms with E-state index < -0.39 is 22.9 Å². The molecule has 2 aromatic heterocycles. The minimum absolute atomic E-state index is 0.0567. The monoisotopic (exact) mass is 269 g/mol. The number of hydrogen-bond donors (Lipinski definition) is 1. The van der Waals surface area contributed by atoms with Gasteiger partial charge in [-0.15, -0.1) is 0 Å². The summed E-state index contributed by atoms with van der Waals surface area (Å²) in [5, 5.41) is 0. The lowest BCUT2D eigenvalue weighted by Crippen LogP contribution is -2.35. The van der Waals surface area contributed by atoms with E-state index in [0.717, 1.165) is 0 Å². The Hall–Kier alpha value is -2.96. The first kappa shape index (κ1) is 10.9. The van der Waals surface area contributed by atoms with Crippen molar-refractivity contribution >= 4 is 28.4 Å². The number of ketones is 1. The number of benzene rings is 1. The third-order valence-corrected chi connectivity index (χ3v) is 3.50. The highest BCUT2D eigenvalue weighted by molar-refractivity contribution is 6.18. The van der Waals surface area contributed by atoms with Gasteiger partial charge in [-0.25, -0.2) is 9.20 Å². The first-order valence-electron chi connectivity index (χ1n) is 5.94. The highest BCUT2D eigenvalue weighted by Gasteiger charge is 2.31. The lowest BCUT2D eigenvalue weighted by Gasteiger charge is -2.12. The molecule has 4 rings (SSSR count). The molecule has 0 bridgehead atoms. The average Bonchev–Trinajstić information content (AvgIpc) is 2.73. The number of aromatic nitrogens is 3. The first-order chi connectivity index (χ1) is 9.59. The van der Waals surface area contributed by atoms with E-state index in [-0.39, 0.29) is 17.6 Å². The largest absolute Gasteiger partial charge is 0.334 e. The van der Waals surface area contributed by atoms with Crippen LogP contribution in [0.2, 0.25) is 0 Å². The topological polar surface area (TPSA) is 93.4 Å². The van der Waals surface area contributed by atoms with Crippen LogP contribution < -0.4 is 11.2 Å². The molecular formula is C13H7N3O4. The van der Waals surface area contributed by atoms with Gasteiger partial charge in [-0.2, -0.15) is 0 Å². The van der Waals surface area contributed by atoms with E-state index in [4.69, 9.17) is 0 Å². The van der Waals surface area contributed by atoms with Gasteiger partial charge in [0.25, 0.3) is 5.56 Å². The Bertz CT molecular complexity index is 1050. The highest BCUT2D eigenvalue weighted by atomic mass is 16.2. The second-order valence-corrected chi connectivity index (χ2v) is 4.61. The van der Waals surface area contributed by atoms with Gasteiger partial charge >= 0.3 is 5.69 Å². The van der Waals surface area contributed by atoms with Gasteiger partial charge in [-0.3, -0.25) is 23.9 Å². The number of hydrogen-bond acceptors (Lipinski definition) is 4. The smallest absolute Gasteiger partial charge is 0.293 e. The number of aromatic amines is 1. The number of nitrogens with one attached hydrogen (secondary N) is 1. The molecule has 0 spiro atoms. The normalized spacial score (nSPS) is 14.4. The fourth-order valence-corrected chi connectivity index (χ4v) is 2.73. The van der Waals surface area contributed by atoms with Gasteiger partial charge in [0.05, 0.1) is 17.5 Å². The van der Waals surface area contributed by atoms with Crippen LogP contribution in [0.5, 0.6) is 0 Å². The lowest BCUT2D eigenvalue weighted by atomic mass is 10.1. The average molecular weight is 269 g/mol. The van der Waals surface area contributed by atoms with Gasteiger partial charge in [-0.1, -0.05) is 12.1 Å². The number of carbonyl (C=O) groups is 2. The SMILES string of the molecule is O=C1CC(=O)n2c3ccccc3n3c(=O)[nH]c(=O)c1c23. The van der Waals surface area contributed by atoms with Crippen LogP contribution in [0.3, 0.4) is 0 Å². The van der Waals surface area contributed by atoms with Gasteiger partial charge in [0, 0.05) is 0 Å². The summed E-state index contributed by atoms with van der Waals surface area (Å²) in [5.41, 5.74) is -0.514. The van der Waals surface area contributed by atoms with Crippen LogP contribution in [0.15, 0.2) is 33.9 Å². The third-order valence-electron chi connectivity index (χ3n) is 3.50. The fourth-order valence-electron chi connectivity index (χ4n) is 2.73. The summed E-state index contributed by atoms with van der Waals surface area (Å²) in [5.74, 6) is -1.00. The summed E-state index contributed by atoms with van der Waals surface area (Å²) in [4.78, 5) is 50.0. The molecule has 98 valence electrons. The predicted molar refractivity (Wildman–Crippen MR) is 69.4 cm³/mol. The molecule has 1 aromatic carbocycles.